The van der Waals surface area contributed by atoms with Crippen LogP contribution in [0.5, 0.6) is 5.75 Å². The molecule has 0 amide bonds. The van der Waals surface area contributed by atoms with Gasteiger partial charge >= 0.3 is 5.97 Å². The van der Waals surface area contributed by atoms with Gasteiger partial charge in [0.05, 0.1) is 0 Å². The first kappa shape index (κ1) is 13.1. The average Bonchev–Trinajstić information content (AvgIpc) is 2.34. The molecule has 0 aliphatic carbocycles. The van der Waals surface area contributed by atoms with Crippen LogP contribution in [0, 0.1) is 13.8 Å². The molecule has 1 saturated heterocycles. The topological polar surface area (TPSA) is 38.3 Å². The molecule has 0 unspecified atom stereocenters. The molecule has 98 valence electrons. The summed E-state index contributed by atoms with van der Waals surface area (Å²) >= 11 is 0. The van der Waals surface area contributed by atoms with Crippen molar-refractivity contribution in [2.24, 2.45) is 0 Å². The molecule has 1 fully saturated rings. The van der Waals surface area contributed by atoms with Crippen LogP contribution in [0.1, 0.15) is 42.4 Å². The van der Waals surface area contributed by atoms with Crippen LogP contribution in [0.15, 0.2) is 12.1 Å². The molecule has 18 heavy (non-hydrogen) atoms. The van der Waals surface area contributed by atoms with E-state index in [1.54, 1.807) is 0 Å². The van der Waals surface area contributed by atoms with E-state index < -0.39 is 0 Å². The number of hydrogen-bond acceptors (Lipinski definition) is 3. The number of hydrogen-bond donors (Lipinski definition) is 1. The molecule has 0 saturated carbocycles. The fraction of sp³-hybridized carbons (Fsp3) is 0.533. The van der Waals surface area contributed by atoms with Crippen molar-refractivity contribution in [1.29, 1.82) is 0 Å². The molecule has 0 atom stereocenters. The summed E-state index contributed by atoms with van der Waals surface area (Å²) in [7, 11) is 0. The van der Waals surface area contributed by atoms with Crippen LogP contribution in [-0.4, -0.2) is 19.1 Å². The molecule has 3 heteroatoms. The molecule has 1 aliphatic rings. The molecule has 1 heterocycles. The normalized spacial score (nSPS) is 16.6. The van der Waals surface area contributed by atoms with Gasteiger partial charge in [0.1, 0.15) is 5.75 Å². The highest BCUT2D eigenvalue weighted by Crippen LogP contribution is 2.32. The lowest BCUT2D eigenvalue weighted by Crippen LogP contribution is -2.26. The van der Waals surface area contributed by atoms with Crippen molar-refractivity contribution in [3.05, 3.63) is 28.8 Å². The second-order valence-electron chi connectivity index (χ2n) is 5.10. The van der Waals surface area contributed by atoms with E-state index in [0.717, 1.165) is 30.0 Å². The minimum atomic E-state index is -0.254. The number of carbonyl (C=O) groups excluding carboxylic acids is 1. The zero-order valence-corrected chi connectivity index (χ0v) is 11.4. The number of aryl methyl sites for hydroxylation is 2. The van der Waals surface area contributed by atoms with E-state index in [4.69, 9.17) is 4.74 Å². The summed E-state index contributed by atoms with van der Waals surface area (Å²) < 4.78 is 5.27. The van der Waals surface area contributed by atoms with Crippen LogP contribution < -0.4 is 10.1 Å². The van der Waals surface area contributed by atoms with Crippen LogP contribution >= 0.6 is 0 Å². The van der Waals surface area contributed by atoms with Crippen LogP contribution in [0.2, 0.25) is 0 Å². The Morgan fingerprint density at radius 2 is 1.78 bits per heavy atom. The summed E-state index contributed by atoms with van der Waals surface area (Å²) in [5.74, 6) is 1.10. The van der Waals surface area contributed by atoms with Crippen molar-refractivity contribution < 1.29 is 9.53 Å². The van der Waals surface area contributed by atoms with E-state index in [1.165, 1.54) is 25.3 Å². The van der Waals surface area contributed by atoms with Gasteiger partial charge in [-0.15, -0.1) is 0 Å². The number of piperidine rings is 1. The Morgan fingerprint density at radius 3 is 2.28 bits per heavy atom. The Bertz CT molecular complexity index is 425. The van der Waals surface area contributed by atoms with Gasteiger partial charge in [0.15, 0.2) is 0 Å². The van der Waals surface area contributed by atoms with E-state index in [0.29, 0.717) is 5.92 Å². The smallest absolute Gasteiger partial charge is 0.308 e. The van der Waals surface area contributed by atoms with Crippen molar-refractivity contribution in [2.45, 2.75) is 39.5 Å². The Morgan fingerprint density at radius 1 is 1.22 bits per heavy atom. The average molecular weight is 247 g/mol. The lowest BCUT2D eigenvalue weighted by Gasteiger charge is -2.24. The Kier molecular flexibility index (Phi) is 4.02. The minimum absolute atomic E-state index is 0.254. The predicted octanol–water partition coefficient (Wildman–Crippen LogP) is 2.70. The molecular weight excluding hydrogens is 226 g/mol. The van der Waals surface area contributed by atoms with E-state index in [-0.39, 0.29) is 5.97 Å². The molecule has 2 rings (SSSR count). The summed E-state index contributed by atoms with van der Waals surface area (Å²) in [5.41, 5.74) is 3.49. The van der Waals surface area contributed by atoms with Gasteiger partial charge in [-0.3, -0.25) is 4.79 Å². The standard InChI is InChI=1S/C15H21NO2/c1-10-8-14(13-4-6-16-7-5-13)9-11(2)15(10)18-12(3)17/h8-9,13,16H,4-7H2,1-3H3. The largest absolute Gasteiger partial charge is 0.426 e. The highest BCUT2D eigenvalue weighted by atomic mass is 16.5. The van der Waals surface area contributed by atoms with Gasteiger partial charge in [0.25, 0.3) is 0 Å². The second-order valence-corrected chi connectivity index (χ2v) is 5.10. The maximum atomic E-state index is 11.1. The summed E-state index contributed by atoms with van der Waals surface area (Å²) in [4.78, 5) is 11.1. The first-order valence-corrected chi connectivity index (χ1v) is 6.58. The highest BCUT2D eigenvalue weighted by Gasteiger charge is 2.17. The molecule has 0 aromatic heterocycles. The van der Waals surface area contributed by atoms with Gasteiger partial charge in [-0.2, -0.15) is 0 Å². The Labute approximate surface area is 109 Å². The van der Waals surface area contributed by atoms with Gasteiger partial charge in [0.2, 0.25) is 0 Å². The molecule has 0 spiro atoms. The lowest BCUT2D eigenvalue weighted by atomic mass is 9.88. The molecule has 3 nitrogen and oxygen atoms in total. The third kappa shape index (κ3) is 2.91. The lowest BCUT2D eigenvalue weighted by molar-refractivity contribution is -0.131. The van der Waals surface area contributed by atoms with Crippen molar-refractivity contribution in [2.75, 3.05) is 13.1 Å². The maximum Gasteiger partial charge on any atom is 0.308 e. The van der Waals surface area contributed by atoms with E-state index >= 15 is 0 Å². The number of rotatable bonds is 2. The molecule has 1 aromatic rings. The van der Waals surface area contributed by atoms with Crippen LogP contribution in [0.25, 0.3) is 0 Å². The van der Waals surface area contributed by atoms with Crippen LogP contribution in [0.4, 0.5) is 0 Å². The first-order valence-electron chi connectivity index (χ1n) is 6.58. The molecular formula is C15H21NO2. The van der Waals surface area contributed by atoms with Gasteiger partial charge in [-0.1, -0.05) is 12.1 Å². The Hall–Kier alpha value is -1.35. The molecule has 0 bridgehead atoms. The number of esters is 1. The molecule has 0 radical (unpaired) electrons. The van der Waals surface area contributed by atoms with Crippen molar-refractivity contribution in [1.82, 2.24) is 5.32 Å². The van der Waals surface area contributed by atoms with Gasteiger partial charge in [-0.25, -0.2) is 0 Å². The van der Waals surface area contributed by atoms with Crippen LogP contribution in [-0.2, 0) is 4.79 Å². The van der Waals surface area contributed by atoms with Gasteiger partial charge in [-0.05, 0) is 62.4 Å². The quantitative estimate of drug-likeness (QED) is 0.645. The van der Waals surface area contributed by atoms with Crippen molar-refractivity contribution in [3.63, 3.8) is 0 Å². The summed E-state index contributed by atoms with van der Waals surface area (Å²) in [6.07, 6.45) is 2.37. The minimum Gasteiger partial charge on any atom is -0.426 e. The maximum absolute atomic E-state index is 11.1. The highest BCUT2D eigenvalue weighted by molar-refractivity contribution is 5.70. The molecule has 1 aliphatic heterocycles. The second kappa shape index (κ2) is 5.53. The van der Waals surface area contributed by atoms with Crippen LogP contribution in [0.3, 0.4) is 0 Å². The van der Waals surface area contributed by atoms with Gasteiger partial charge in [0, 0.05) is 6.92 Å². The number of carbonyl (C=O) groups is 1. The Balaban J connectivity index is 2.26. The third-order valence-corrected chi connectivity index (χ3v) is 3.54. The fourth-order valence-electron chi connectivity index (χ4n) is 2.68. The number of nitrogens with one attached hydrogen (secondary N) is 1. The molecule has 1 aromatic carbocycles. The molecule has 1 N–H and O–H groups in total. The number of benzene rings is 1. The summed E-state index contributed by atoms with van der Waals surface area (Å²) in [6.45, 7) is 7.65. The van der Waals surface area contributed by atoms with E-state index in [9.17, 15) is 4.79 Å². The predicted molar refractivity (Wildman–Crippen MR) is 72.1 cm³/mol. The monoisotopic (exact) mass is 247 g/mol. The van der Waals surface area contributed by atoms with Crippen molar-refractivity contribution in [3.8, 4) is 5.75 Å². The zero-order chi connectivity index (χ0) is 13.1. The summed E-state index contributed by atoms with van der Waals surface area (Å²) in [6, 6.07) is 4.34. The van der Waals surface area contributed by atoms with Crippen molar-refractivity contribution >= 4 is 5.97 Å². The zero-order valence-electron chi connectivity index (χ0n) is 11.4. The first-order chi connectivity index (χ1) is 8.58. The van der Waals surface area contributed by atoms with Gasteiger partial charge < -0.3 is 10.1 Å². The SMILES string of the molecule is CC(=O)Oc1c(C)cc(C2CCNCC2)cc1C. The summed E-state index contributed by atoms with van der Waals surface area (Å²) in [5, 5.41) is 3.38. The fourth-order valence-corrected chi connectivity index (χ4v) is 2.68. The van der Waals surface area contributed by atoms with E-state index in [2.05, 4.69) is 17.4 Å². The third-order valence-electron chi connectivity index (χ3n) is 3.54. The number of ether oxygens (including phenoxy) is 1. The van der Waals surface area contributed by atoms with E-state index in [1.807, 2.05) is 13.8 Å².